The second-order valence-corrected chi connectivity index (χ2v) is 6.12. The molecule has 1 aliphatic rings. The van der Waals surface area contributed by atoms with Crippen LogP contribution in [0.2, 0.25) is 0 Å². The number of hydrogen-bond donors (Lipinski definition) is 2. The second-order valence-electron chi connectivity index (χ2n) is 5.34. The first-order chi connectivity index (χ1) is 11.2. The Balaban J connectivity index is 1.79. The van der Waals surface area contributed by atoms with Crippen molar-refractivity contribution in [2.45, 2.75) is 0 Å². The monoisotopic (exact) mass is 319 g/mol. The number of rotatable bonds is 2. The highest BCUT2D eigenvalue weighted by atomic mass is 32.1. The quantitative estimate of drug-likeness (QED) is 0.678. The lowest BCUT2D eigenvalue weighted by Crippen LogP contribution is -2.03. The molecule has 2 heterocycles. The maximum absolute atomic E-state index is 12.3. The molecule has 0 saturated carbocycles. The molecule has 0 saturated heterocycles. The molecule has 3 nitrogen and oxygen atoms in total. The van der Waals surface area contributed by atoms with Gasteiger partial charge < -0.3 is 10.4 Å². The molecule has 0 atom stereocenters. The standard InChI is InChI=1S/C19H13NO2S/c21-18-4-2-1-3-13(18)9-16-15-6-5-12(14-7-8-23-11-14)10-17(15)20-19(16)22/h1-11,21H,(H,20,22). The molecule has 0 bridgehead atoms. The molecule has 112 valence electrons. The zero-order valence-corrected chi connectivity index (χ0v) is 12.9. The van der Waals surface area contributed by atoms with Gasteiger partial charge in [-0.1, -0.05) is 30.3 Å². The number of benzene rings is 2. The van der Waals surface area contributed by atoms with Crippen molar-refractivity contribution in [3.63, 3.8) is 0 Å². The average molecular weight is 319 g/mol. The summed E-state index contributed by atoms with van der Waals surface area (Å²) in [7, 11) is 0. The largest absolute Gasteiger partial charge is 0.507 e. The molecule has 3 aromatic rings. The summed E-state index contributed by atoms with van der Waals surface area (Å²) in [5.41, 5.74) is 5.09. The fourth-order valence-corrected chi connectivity index (χ4v) is 3.38. The minimum absolute atomic E-state index is 0.147. The number of aromatic hydroxyl groups is 1. The van der Waals surface area contributed by atoms with Gasteiger partial charge in [0, 0.05) is 22.4 Å². The van der Waals surface area contributed by atoms with Gasteiger partial charge in [0.15, 0.2) is 0 Å². The maximum Gasteiger partial charge on any atom is 0.256 e. The van der Waals surface area contributed by atoms with Crippen LogP contribution < -0.4 is 5.32 Å². The lowest BCUT2D eigenvalue weighted by Gasteiger charge is -2.03. The van der Waals surface area contributed by atoms with Gasteiger partial charge in [0.1, 0.15) is 5.75 Å². The van der Waals surface area contributed by atoms with Crippen LogP contribution in [0.5, 0.6) is 5.75 Å². The van der Waals surface area contributed by atoms with E-state index < -0.39 is 0 Å². The molecule has 4 rings (SSSR count). The molecule has 4 heteroatoms. The van der Waals surface area contributed by atoms with Crippen LogP contribution in [0.25, 0.3) is 22.8 Å². The molecule has 1 aromatic heterocycles. The van der Waals surface area contributed by atoms with Gasteiger partial charge in [-0.3, -0.25) is 4.79 Å². The van der Waals surface area contributed by atoms with Crippen molar-refractivity contribution in [3.8, 4) is 16.9 Å². The number of hydrogen-bond acceptors (Lipinski definition) is 3. The van der Waals surface area contributed by atoms with E-state index in [1.54, 1.807) is 35.6 Å². The van der Waals surface area contributed by atoms with Crippen molar-refractivity contribution >= 4 is 34.6 Å². The molecule has 0 unspecified atom stereocenters. The summed E-state index contributed by atoms with van der Waals surface area (Å²) in [6.07, 6.45) is 1.72. The van der Waals surface area contributed by atoms with E-state index in [2.05, 4.69) is 16.8 Å². The van der Waals surface area contributed by atoms with E-state index in [-0.39, 0.29) is 11.7 Å². The lowest BCUT2D eigenvalue weighted by molar-refractivity contribution is -0.110. The SMILES string of the molecule is O=C1Nc2cc(-c3ccsc3)ccc2C1=Cc1ccccc1O. The summed E-state index contributed by atoms with van der Waals surface area (Å²) >= 11 is 1.65. The Labute approximate surface area is 137 Å². The number of phenolic OH excluding ortho intramolecular Hbond substituents is 1. The van der Waals surface area contributed by atoms with Gasteiger partial charge >= 0.3 is 0 Å². The van der Waals surface area contributed by atoms with E-state index in [4.69, 9.17) is 0 Å². The number of nitrogens with one attached hydrogen (secondary N) is 1. The third-order valence-electron chi connectivity index (χ3n) is 3.89. The third-order valence-corrected chi connectivity index (χ3v) is 4.58. The highest BCUT2D eigenvalue weighted by Gasteiger charge is 2.24. The van der Waals surface area contributed by atoms with Gasteiger partial charge in [-0.05, 0) is 46.2 Å². The summed E-state index contributed by atoms with van der Waals surface area (Å²) in [5.74, 6) is 0.0156. The fraction of sp³-hybridized carbons (Fsp3) is 0. The number of carbonyl (C=O) groups is 1. The van der Waals surface area contributed by atoms with Gasteiger partial charge in [-0.15, -0.1) is 0 Å². The van der Waals surface area contributed by atoms with Gasteiger partial charge in [-0.2, -0.15) is 11.3 Å². The molecular formula is C19H13NO2S. The predicted octanol–water partition coefficient (Wildman–Crippen LogP) is 4.61. The van der Waals surface area contributed by atoms with Crippen molar-refractivity contribution in [1.82, 2.24) is 0 Å². The zero-order chi connectivity index (χ0) is 15.8. The summed E-state index contributed by atoms with van der Waals surface area (Å²) < 4.78 is 0. The average Bonchev–Trinajstić information content (AvgIpc) is 3.18. The Morgan fingerprint density at radius 1 is 1.04 bits per heavy atom. The Morgan fingerprint density at radius 2 is 1.91 bits per heavy atom. The van der Waals surface area contributed by atoms with Gasteiger partial charge in [-0.25, -0.2) is 0 Å². The molecule has 0 aliphatic carbocycles. The Bertz CT molecular complexity index is 926. The number of fused-ring (bicyclic) bond motifs is 1. The molecular weight excluding hydrogens is 306 g/mol. The molecule has 1 amide bonds. The summed E-state index contributed by atoms with van der Waals surface area (Å²) in [6, 6.07) is 15.0. The number of carbonyl (C=O) groups excluding carboxylic acids is 1. The maximum atomic E-state index is 12.3. The number of thiophene rings is 1. The molecule has 1 aliphatic heterocycles. The van der Waals surface area contributed by atoms with Crippen LogP contribution in [0.1, 0.15) is 11.1 Å². The fourth-order valence-electron chi connectivity index (χ4n) is 2.71. The highest BCUT2D eigenvalue weighted by molar-refractivity contribution is 7.08. The minimum atomic E-state index is -0.147. The van der Waals surface area contributed by atoms with E-state index >= 15 is 0 Å². The predicted molar refractivity (Wildman–Crippen MR) is 94.4 cm³/mol. The zero-order valence-electron chi connectivity index (χ0n) is 12.1. The topological polar surface area (TPSA) is 49.3 Å². The first-order valence-electron chi connectivity index (χ1n) is 7.20. The van der Waals surface area contributed by atoms with Gasteiger partial charge in [0.05, 0.1) is 0 Å². The van der Waals surface area contributed by atoms with Crippen LogP contribution in [0.4, 0.5) is 5.69 Å². The van der Waals surface area contributed by atoms with Gasteiger partial charge in [0.25, 0.3) is 5.91 Å². The van der Waals surface area contributed by atoms with E-state index in [1.807, 2.05) is 29.6 Å². The number of amides is 1. The van der Waals surface area contributed by atoms with Crippen molar-refractivity contribution in [2.75, 3.05) is 5.32 Å². The third kappa shape index (κ3) is 2.43. The minimum Gasteiger partial charge on any atom is -0.507 e. The van der Waals surface area contributed by atoms with Crippen LogP contribution in [0, 0.1) is 0 Å². The first kappa shape index (κ1) is 13.8. The Morgan fingerprint density at radius 3 is 2.70 bits per heavy atom. The highest BCUT2D eigenvalue weighted by Crippen LogP contribution is 2.37. The molecule has 0 radical (unpaired) electrons. The van der Waals surface area contributed by atoms with Crippen LogP contribution in [0.3, 0.4) is 0 Å². The molecule has 2 N–H and O–H groups in total. The van der Waals surface area contributed by atoms with E-state index in [0.29, 0.717) is 11.1 Å². The van der Waals surface area contributed by atoms with E-state index in [9.17, 15) is 9.90 Å². The molecule has 0 fully saturated rings. The molecule has 0 spiro atoms. The smallest absolute Gasteiger partial charge is 0.256 e. The Kier molecular flexibility index (Phi) is 3.24. The van der Waals surface area contributed by atoms with Crippen molar-refractivity contribution in [2.24, 2.45) is 0 Å². The van der Waals surface area contributed by atoms with Crippen molar-refractivity contribution in [3.05, 3.63) is 70.4 Å². The normalized spacial score (nSPS) is 14.8. The van der Waals surface area contributed by atoms with Gasteiger partial charge in [0.2, 0.25) is 0 Å². The van der Waals surface area contributed by atoms with Crippen molar-refractivity contribution < 1.29 is 9.90 Å². The number of anilines is 1. The summed E-state index contributed by atoms with van der Waals surface area (Å²) in [6.45, 7) is 0. The van der Waals surface area contributed by atoms with E-state index in [0.717, 1.165) is 22.4 Å². The van der Waals surface area contributed by atoms with Crippen LogP contribution in [-0.2, 0) is 4.79 Å². The second kappa shape index (κ2) is 5.41. The summed E-state index contributed by atoms with van der Waals surface area (Å²) in [4.78, 5) is 12.3. The Hall–Kier alpha value is -2.85. The summed E-state index contributed by atoms with van der Waals surface area (Å²) in [5, 5.41) is 16.9. The number of phenols is 1. The van der Waals surface area contributed by atoms with Crippen LogP contribution in [0.15, 0.2) is 59.3 Å². The first-order valence-corrected chi connectivity index (χ1v) is 8.15. The van der Waals surface area contributed by atoms with Crippen molar-refractivity contribution in [1.29, 1.82) is 0 Å². The van der Waals surface area contributed by atoms with Crippen LogP contribution >= 0.6 is 11.3 Å². The number of para-hydroxylation sites is 1. The lowest BCUT2D eigenvalue weighted by atomic mass is 10.0. The van der Waals surface area contributed by atoms with Crippen LogP contribution in [-0.4, -0.2) is 11.0 Å². The molecule has 2 aromatic carbocycles. The molecule has 23 heavy (non-hydrogen) atoms. The van der Waals surface area contributed by atoms with E-state index in [1.165, 1.54) is 0 Å².